The van der Waals surface area contributed by atoms with Gasteiger partial charge in [0.25, 0.3) is 0 Å². The molecule has 3 aromatic heterocycles. The molecule has 16 heavy (non-hydrogen) atoms. The fourth-order valence-corrected chi connectivity index (χ4v) is 2.56. The number of halogens is 1. The molecule has 0 fully saturated rings. The molecule has 1 atom stereocenters. The SMILES string of the molecule is Cc1cc2c3c(Cl)ccnc3n(P)c2cn1. The number of hydrogen-bond donors (Lipinski definition) is 0. The molecule has 0 aliphatic carbocycles. The van der Waals surface area contributed by atoms with Crippen LogP contribution in [0.25, 0.3) is 21.9 Å². The van der Waals surface area contributed by atoms with Crippen molar-refractivity contribution >= 4 is 42.9 Å². The summed E-state index contributed by atoms with van der Waals surface area (Å²) in [6.07, 6.45) is 3.56. The largest absolute Gasteiger partial charge is 0.308 e. The minimum Gasteiger partial charge on any atom is -0.308 e. The number of aromatic nitrogens is 3. The van der Waals surface area contributed by atoms with Crippen molar-refractivity contribution in [1.82, 2.24) is 14.3 Å². The van der Waals surface area contributed by atoms with Crippen LogP contribution in [0.1, 0.15) is 5.69 Å². The average Bonchev–Trinajstić information content (AvgIpc) is 2.54. The van der Waals surface area contributed by atoms with E-state index >= 15 is 0 Å². The lowest BCUT2D eigenvalue weighted by Crippen LogP contribution is -1.83. The predicted molar refractivity (Wildman–Crippen MR) is 69.9 cm³/mol. The summed E-state index contributed by atoms with van der Waals surface area (Å²) >= 11 is 6.22. The molecule has 0 saturated carbocycles. The van der Waals surface area contributed by atoms with Crippen molar-refractivity contribution < 1.29 is 0 Å². The zero-order valence-corrected chi connectivity index (χ0v) is 10.5. The van der Waals surface area contributed by atoms with Gasteiger partial charge in [0, 0.05) is 22.7 Å². The molecule has 3 heterocycles. The lowest BCUT2D eigenvalue weighted by atomic mass is 10.2. The normalized spacial score (nSPS) is 11.4. The maximum Gasteiger partial charge on any atom is 0.145 e. The first-order chi connectivity index (χ1) is 7.68. The van der Waals surface area contributed by atoms with E-state index in [1.807, 2.05) is 29.6 Å². The average molecular weight is 250 g/mol. The second-order valence-electron chi connectivity index (χ2n) is 3.70. The number of nitrogens with zero attached hydrogens (tertiary/aromatic N) is 3. The first-order valence-corrected chi connectivity index (χ1v) is 5.74. The molecule has 3 nitrogen and oxygen atoms in total. The minimum absolute atomic E-state index is 0.724. The van der Waals surface area contributed by atoms with E-state index in [-0.39, 0.29) is 0 Å². The van der Waals surface area contributed by atoms with Crippen LogP contribution in [0.4, 0.5) is 0 Å². The van der Waals surface area contributed by atoms with Gasteiger partial charge in [-0.2, -0.15) is 0 Å². The van der Waals surface area contributed by atoms with E-state index in [4.69, 9.17) is 11.6 Å². The Morgan fingerprint density at radius 1 is 1.38 bits per heavy atom. The first-order valence-electron chi connectivity index (χ1n) is 4.85. The van der Waals surface area contributed by atoms with Gasteiger partial charge in [0.15, 0.2) is 0 Å². The quantitative estimate of drug-likeness (QED) is 0.573. The zero-order chi connectivity index (χ0) is 11.3. The Labute approximate surface area is 99.7 Å². The van der Waals surface area contributed by atoms with Gasteiger partial charge in [-0.3, -0.25) is 4.98 Å². The van der Waals surface area contributed by atoms with E-state index in [1.54, 1.807) is 6.20 Å². The molecule has 0 bridgehead atoms. The molecule has 3 aromatic rings. The van der Waals surface area contributed by atoms with E-state index in [2.05, 4.69) is 19.4 Å². The fourth-order valence-electron chi connectivity index (χ4n) is 1.92. The second-order valence-corrected chi connectivity index (χ2v) is 4.63. The van der Waals surface area contributed by atoms with Crippen molar-refractivity contribution in [2.45, 2.75) is 6.92 Å². The molecule has 1 unspecified atom stereocenters. The molecule has 0 spiro atoms. The first kappa shape index (κ1) is 10.0. The highest BCUT2D eigenvalue weighted by atomic mass is 35.5. The minimum atomic E-state index is 0.724. The van der Waals surface area contributed by atoms with E-state index in [0.717, 1.165) is 32.7 Å². The highest BCUT2D eigenvalue weighted by Crippen LogP contribution is 2.33. The summed E-state index contributed by atoms with van der Waals surface area (Å²) in [5.74, 6) is 0. The van der Waals surface area contributed by atoms with Crippen molar-refractivity contribution in [3.63, 3.8) is 0 Å². The van der Waals surface area contributed by atoms with Gasteiger partial charge in [0.05, 0.1) is 16.7 Å². The van der Waals surface area contributed by atoms with Crippen LogP contribution in [0, 0.1) is 6.92 Å². The second kappa shape index (κ2) is 3.41. The third-order valence-corrected chi connectivity index (χ3v) is 3.49. The van der Waals surface area contributed by atoms with Crippen LogP contribution in [0.2, 0.25) is 5.02 Å². The number of aryl methyl sites for hydroxylation is 1. The smallest absolute Gasteiger partial charge is 0.145 e. The number of rotatable bonds is 0. The third kappa shape index (κ3) is 1.25. The van der Waals surface area contributed by atoms with Gasteiger partial charge >= 0.3 is 0 Å². The van der Waals surface area contributed by atoms with Gasteiger partial charge in [-0.05, 0) is 28.4 Å². The molecule has 5 heteroatoms. The standard InChI is InChI=1S/C11H9ClN3P/c1-6-4-7-9(5-14-6)15(16)11-10(7)8(12)2-3-13-11/h2-5H,16H2,1H3. The Kier molecular flexibility index (Phi) is 2.13. The van der Waals surface area contributed by atoms with Crippen molar-refractivity contribution in [2.75, 3.05) is 0 Å². The zero-order valence-electron chi connectivity index (χ0n) is 8.61. The molecule has 0 aromatic carbocycles. The van der Waals surface area contributed by atoms with Gasteiger partial charge in [-0.25, -0.2) is 4.98 Å². The maximum absolute atomic E-state index is 6.22. The molecule has 0 N–H and O–H groups in total. The summed E-state index contributed by atoms with van der Waals surface area (Å²) in [6.45, 7) is 1.97. The van der Waals surface area contributed by atoms with Crippen LogP contribution < -0.4 is 0 Å². The molecular weight excluding hydrogens is 241 g/mol. The fraction of sp³-hybridized carbons (Fsp3) is 0.0909. The Morgan fingerprint density at radius 2 is 2.19 bits per heavy atom. The van der Waals surface area contributed by atoms with Gasteiger partial charge in [-0.1, -0.05) is 11.6 Å². The third-order valence-electron chi connectivity index (χ3n) is 2.66. The summed E-state index contributed by atoms with van der Waals surface area (Å²) in [7, 11) is 2.64. The summed E-state index contributed by atoms with van der Waals surface area (Å²) < 4.78 is 1.93. The highest BCUT2D eigenvalue weighted by Gasteiger charge is 2.12. The molecule has 80 valence electrons. The molecule has 0 aliphatic heterocycles. The number of hydrogen-bond acceptors (Lipinski definition) is 2. The van der Waals surface area contributed by atoms with Crippen LogP contribution in [0.5, 0.6) is 0 Å². The highest BCUT2D eigenvalue weighted by molar-refractivity contribution is 7.15. The topological polar surface area (TPSA) is 30.7 Å². The van der Waals surface area contributed by atoms with Gasteiger partial charge in [0.1, 0.15) is 5.65 Å². The molecular formula is C11H9ClN3P. The lowest BCUT2D eigenvalue weighted by Gasteiger charge is -1.95. The van der Waals surface area contributed by atoms with Gasteiger partial charge < -0.3 is 4.34 Å². The van der Waals surface area contributed by atoms with Gasteiger partial charge in [0.2, 0.25) is 0 Å². The monoisotopic (exact) mass is 249 g/mol. The van der Waals surface area contributed by atoms with Crippen molar-refractivity contribution in [2.24, 2.45) is 0 Å². The summed E-state index contributed by atoms with van der Waals surface area (Å²) in [5.41, 5.74) is 2.86. The van der Waals surface area contributed by atoms with Crippen LogP contribution in [-0.2, 0) is 0 Å². The molecule has 0 saturated heterocycles. The van der Waals surface area contributed by atoms with Crippen LogP contribution >= 0.6 is 21.0 Å². The van der Waals surface area contributed by atoms with Crippen molar-refractivity contribution in [1.29, 1.82) is 0 Å². The predicted octanol–water partition coefficient (Wildman–Crippen LogP) is 3.18. The van der Waals surface area contributed by atoms with Crippen LogP contribution in [-0.4, -0.2) is 14.3 Å². The van der Waals surface area contributed by atoms with E-state index < -0.39 is 0 Å². The summed E-state index contributed by atoms with van der Waals surface area (Å²) in [4.78, 5) is 8.63. The number of fused-ring (bicyclic) bond motifs is 3. The van der Waals surface area contributed by atoms with E-state index in [9.17, 15) is 0 Å². The molecule has 0 amide bonds. The molecule has 0 radical (unpaired) electrons. The van der Waals surface area contributed by atoms with Crippen molar-refractivity contribution in [3.8, 4) is 0 Å². The number of pyridine rings is 2. The van der Waals surface area contributed by atoms with Gasteiger partial charge in [-0.15, -0.1) is 0 Å². The van der Waals surface area contributed by atoms with Crippen LogP contribution in [0.3, 0.4) is 0 Å². The Bertz CT molecular complexity index is 705. The Hall–Kier alpha value is -1.18. The van der Waals surface area contributed by atoms with E-state index in [1.165, 1.54) is 0 Å². The molecule has 0 aliphatic rings. The molecule has 3 rings (SSSR count). The summed E-state index contributed by atoms with van der Waals surface area (Å²) in [5, 5.41) is 2.80. The Balaban J connectivity index is 2.66. The summed E-state index contributed by atoms with van der Waals surface area (Å²) in [6, 6.07) is 3.84. The lowest BCUT2D eigenvalue weighted by molar-refractivity contribution is 1.21. The maximum atomic E-state index is 6.22. The van der Waals surface area contributed by atoms with Crippen LogP contribution in [0.15, 0.2) is 24.5 Å². The van der Waals surface area contributed by atoms with E-state index in [0.29, 0.717) is 0 Å². The van der Waals surface area contributed by atoms with Crippen molar-refractivity contribution in [3.05, 3.63) is 35.2 Å². The Morgan fingerprint density at radius 3 is 3.00 bits per heavy atom.